The van der Waals surface area contributed by atoms with E-state index in [1.165, 1.54) is 115 Å². The highest BCUT2D eigenvalue weighted by molar-refractivity contribution is 5.69. The highest BCUT2D eigenvalue weighted by atomic mass is 16.5. The number of carbonyl (C=O) groups excluding carboxylic acids is 1. The van der Waals surface area contributed by atoms with Crippen molar-refractivity contribution in [3.8, 4) is 0 Å². The van der Waals surface area contributed by atoms with Gasteiger partial charge in [-0.15, -0.1) is 0 Å². The van der Waals surface area contributed by atoms with Crippen molar-refractivity contribution in [1.82, 2.24) is 0 Å². The van der Waals surface area contributed by atoms with Gasteiger partial charge in [-0.05, 0) is 161 Å². The largest absolute Gasteiger partial charge is 0.465 e. The molecule has 0 spiro atoms. The first-order valence-electron chi connectivity index (χ1n) is 22.1. The third-order valence-electron chi connectivity index (χ3n) is 17.1. The van der Waals surface area contributed by atoms with E-state index in [1.807, 2.05) is 0 Å². The first-order valence-corrected chi connectivity index (χ1v) is 22.1. The van der Waals surface area contributed by atoms with Crippen molar-refractivity contribution in [2.75, 3.05) is 6.61 Å². The summed E-state index contributed by atoms with van der Waals surface area (Å²) in [6.07, 6.45) is 35.0. The summed E-state index contributed by atoms with van der Waals surface area (Å²) in [4.78, 5) is 13.2. The molecule has 5 saturated carbocycles. The lowest BCUT2D eigenvalue weighted by Gasteiger charge is -2.73. The van der Waals surface area contributed by atoms with Gasteiger partial charge in [0.05, 0.1) is 12.7 Å². The summed E-state index contributed by atoms with van der Waals surface area (Å²) in [5, 5.41) is 11.1. The number of unbranched alkanes of at least 4 members (excludes halogenated alkanes) is 8. The minimum Gasteiger partial charge on any atom is -0.465 e. The lowest BCUT2D eigenvalue weighted by atomic mass is 9.32. The van der Waals surface area contributed by atoms with Crippen LogP contribution >= 0.6 is 0 Å². The summed E-state index contributed by atoms with van der Waals surface area (Å²) in [6.45, 7) is 22.5. The van der Waals surface area contributed by atoms with Crippen LogP contribution < -0.4 is 0 Å². The summed E-state index contributed by atoms with van der Waals surface area (Å²) in [7, 11) is 0. The maximum Gasteiger partial charge on any atom is 0.305 e. The number of rotatable bonds is 17. The second-order valence-electron chi connectivity index (χ2n) is 20.1. The Balaban J connectivity index is 1.12. The molecule has 0 unspecified atom stereocenters. The van der Waals surface area contributed by atoms with Crippen LogP contribution in [0.3, 0.4) is 0 Å². The van der Waals surface area contributed by atoms with Crippen molar-refractivity contribution in [2.45, 2.75) is 196 Å². The van der Waals surface area contributed by atoms with E-state index in [4.69, 9.17) is 4.74 Å². The second kappa shape index (κ2) is 17.0. The topological polar surface area (TPSA) is 46.5 Å². The number of fused-ring (bicyclic) bond motifs is 7. The monoisotopic (exact) mass is 705 g/mol. The fourth-order valence-corrected chi connectivity index (χ4v) is 13.9. The van der Waals surface area contributed by atoms with Crippen LogP contribution in [0.15, 0.2) is 36.5 Å². The molecular weight excluding hydrogens is 625 g/mol. The molecule has 0 aromatic rings. The van der Waals surface area contributed by atoms with Gasteiger partial charge in [-0.2, -0.15) is 0 Å². The number of ether oxygens (including phenoxy) is 1. The van der Waals surface area contributed by atoms with Crippen LogP contribution in [0.5, 0.6) is 0 Å². The van der Waals surface area contributed by atoms with Crippen molar-refractivity contribution < 1.29 is 14.6 Å². The molecule has 51 heavy (non-hydrogen) atoms. The van der Waals surface area contributed by atoms with Gasteiger partial charge in [0.2, 0.25) is 0 Å². The van der Waals surface area contributed by atoms with Crippen LogP contribution in [-0.4, -0.2) is 23.8 Å². The fraction of sp³-hybridized carbons (Fsp3) is 0.854. The zero-order valence-corrected chi connectivity index (χ0v) is 34.5. The molecule has 3 nitrogen and oxygen atoms in total. The van der Waals surface area contributed by atoms with Gasteiger partial charge in [0.25, 0.3) is 0 Å². The van der Waals surface area contributed by atoms with Gasteiger partial charge in [0, 0.05) is 11.8 Å². The smallest absolute Gasteiger partial charge is 0.305 e. The molecule has 0 aromatic carbocycles. The summed E-state index contributed by atoms with van der Waals surface area (Å²) in [5.74, 6) is 3.14. The highest BCUT2D eigenvalue weighted by Crippen LogP contribution is 2.77. The van der Waals surface area contributed by atoms with E-state index in [0.29, 0.717) is 52.9 Å². The predicted octanol–water partition coefficient (Wildman–Crippen LogP) is 13.4. The zero-order valence-electron chi connectivity index (χ0n) is 34.5. The van der Waals surface area contributed by atoms with E-state index in [9.17, 15) is 9.90 Å². The molecular formula is C48H80O3. The molecule has 0 bridgehead atoms. The molecule has 5 rings (SSSR count). The Hall–Kier alpha value is -1.35. The molecule has 0 amide bonds. The van der Waals surface area contributed by atoms with Crippen molar-refractivity contribution >= 4 is 5.97 Å². The molecule has 0 aromatic heterocycles. The highest BCUT2D eigenvalue weighted by Gasteiger charge is 2.71. The molecule has 3 heteroatoms. The van der Waals surface area contributed by atoms with Crippen LogP contribution in [0.2, 0.25) is 0 Å². The third kappa shape index (κ3) is 8.05. The van der Waals surface area contributed by atoms with E-state index in [2.05, 4.69) is 79.3 Å². The maximum atomic E-state index is 13.2. The normalized spacial score (nSPS) is 40.1. The number of allylic oxidation sites excluding steroid dienone is 5. The Labute approximate surface area is 315 Å². The molecule has 290 valence electrons. The van der Waals surface area contributed by atoms with Crippen molar-refractivity contribution in [1.29, 1.82) is 0 Å². The molecule has 10 atom stereocenters. The van der Waals surface area contributed by atoms with Crippen molar-refractivity contribution in [3.63, 3.8) is 0 Å². The summed E-state index contributed by atoms with van der Waals surface area (Å²) >= 11 is 0. The lowest BCUT2D eigenvalue weighted by molar-refractivity contribution is -0.250. The molecule has 5 aliphatic carbocycles. The Bertz CT molecular complexity index is 1230. The van der Waals surface area contributed by atoms with Crippen LogP contribution in [0, 0.1) is 56.7 Å². The Morgan fingerprint density at radius 1 is 0.745 bits per heavy atom. The number of esters is 1. The molecule has 0 aliphatic heterocycles. The van der Waals surface area contributed by atoms with Crippen molar-refractivity contribution in [3.05, 3.63) is 36.5 Å². The zero-order chi connectivity index (χ0) is 36.9. The maximum absolute atomic E-state index is 13.2. The van der Waals surface area contributed by atoms with Crippen LogP contribution in [0.1, 0.15) is 190 Å². The number of carbonyl (C=O) groups is 1. The number of hydrogen-bond acceptors (Lipinski definition) is 3. The molecule has 0 saturated heterocycles. The SMILES string of the molecule is C=C(C)[C@@H]1CC[C@]2(COC(=O)CCCCCCCC=CCC=CCCCCC)CC[C@]3(C)[C@H](CC[C@@H]4[C@@]5(C)CC[C@H](O)C(C)(C)[C@@H]5CC[C@]43C)[C@@H]12. The first kappa shape index (κ1) is 40.8. The van der Waals surface area contributed by atoms with Crippen LogP contribution in [-0.2, 0) is 9.53 Å². The average Bonchev–Trinajstić information content (AvgIpc) is 3.48. The van der Waals surface area contributed by atoms with Gasteiger partial charge in [-0.1, -0.05) is 110 Å². The van der Waals surface area contributed by atoms with E-state index in [1.54, 1.807) is 0 Å². The standard InChI is InChI=1S/C48H80O3/c1-9-10-11-12-13-14-15-16-17-18-19-20-21-22-23-24-42(50)51-35-48-32-27-37(36(2)3)43(48)38-25-26-40-45(6)30-29-41(49)44(4,5)39(45)28-31-47(40,8)46(38,7)33-34-48/h13-14,16-17,37-41,43,49H,2,9-12,15,18-35H2,1,3-8H3/t37-,38+,39-,40+,41-,43+,45-,46+,47+,48+/m0/s1. The predicted molar refractivity (Wildman–Crippen MR) is 215 cm³/mol. The minimum absolute atomic E-state index is 0.00360. The van der Waals surface area contributed by atoms with E-state index >= 15 is 0 Å². The number of aliphatic hydroxyl groups is 1. The van der Waals surface area contributed by atoms with Gasteiger partial charge in [0.15, 0.2) is 0 Å². The molecule has 5 fully saturated rings. The van der Waals surface area contributed by atoms with Gasteiger partial charge in [-0.3, -0.25) is 4.79 Å². The second-order valence-corrected chi connectivity index (χ2v) is 20.1. The molecule has 1 N–H and O–H groups in total. The Kier molecular flexibility index (Phi) is 13.6. The van der Waals surface area contributed by atoms with E-state index < -0.39 is 0 Å². The summed E-state index contributed by atoms with van der Waals surface area (Å²) in [5.41, 5.74) is 2.37. The molecule has 0 radical (unpaired) electrons. The molecule has 0 heterocycles. The van der Waals surface area contributed by atoms with Crippen LogP contribution in [0.25, 0.3) is 0 Å². The third-order valence-corrected chi connectivity index (χ3v) is 17.1. The number of aliphatic hydroxyl groups excluding tert-OH is 1. The van der Waals surface area contributed by atoms with Gasteiger partial charge < -0.3 is 9.84 Å². The molecule has 5 aliphatic rings. The quantitative estimate of drug-likeness (QED) is 0.0931. The first-order chi connectivity index (χ1) is 24.3. The fourth-order valence-electron chi connectivity index (χ4n) is 13.9. The number of hydrogen-bond donors (Lipinski definition) is 1. The van der Waals surface area contributed by atoms with Gasteiger partial charge in [-0.25, -0.2) is 0 Å². The van der Waals surface area contributed by atoms with Gasteiger partial charge >= 0.3 is 5.97 Å². The Morgan fingerprint density at radius 3 is 2.14 bits per heavy atom. The average molecular weight is 705 g/mol. The Morgan fingerprint density at radius 2 is 1.43 bits per heavy atom. The van der Waals surface area contributed by atoms with E-state index in [-0.39, 0.29) is 22.9 Å². The van der Waals surface area contributed by atoms with Gasteiger partial charge in [0.1, 0.15) is 0 Å². The van der Waals surface area contributed by atoms with E-state index in [0.717, 1.165) is 31.6 Å². The van der Waals surface area contributed by atoms with Crippen LogP contribution in [0.4, 0.5) is 0 Å². The summed E-state index contributed by atoms with van der Waals surface area (Å²) in [6, 6.07) is 0. The van der Waals surface area contributed by atoms with Crippen molar-refractivity contribution in [2.24, 2.45) is 56.7 Å². The lowest BCUT2D eigenvalue weighted by Crippen LogP contribution is -2.66. The summed E-state index contributed by atoms with van der Waals surface area (Å²) < 4.78 is 6.29. The minimum atomic E-state index is -0.172.